The standard InChI is InChI=1S/C14H28N2O4S/c1-3-4-5-8-15-14(17)13-7-6-9-16(12-13)21(18,19)11-10-20-2/h13H,3-12H2,1-2H3,(H,15,17). The third kappa shape index (κ3) is 6.32. The molecule has 1 rings (SSSR count). The Hall–Kier alpha value is -0.660. The molecular weight excluding hydrogens is 292 g/mol. The third-order valence-electron chi connectivity index (χ3n) is 3.77. The lowest BCUT2D eigenvalue weighted by Gasteiger charge is -2.31. The van der Waals surface area contributed by atoms with Gasteiger partial charge >= 0.3 is 0 Å². The van der Waals surface area contributed by atoms with Crippen LogP contribution in [0.25, 0.3) is 0 Å². The summed E-state index contributed by atoms with van der Waals surface area (Å²) in [6, 6.07) is 0. The average Bonchev–Trinajstić information content (AvgIpc) is 2.49. The highest BCUT2D eigenvalue weighted by atomic mass is 32.2. The maximum absolute atomic E-state index is 12.1. The topological polar surface area (TPSA) is 75.7 Å². The van der Waals surface area contributed by atoms with Crippen LogP contribution >= 0.6 is 0 Å². The number of amides is 1. The van der Waals surface area contributed by atoms with E-state index in [2.05, 4.69) is 12.2 Å². The summed E-state index contributed by atoms with van der Waals surface area (Å²) in [6.45, 7) is 3.79. The number of nitrogens with zero attached hydrogens (tertiary/aromatic N) is 1. The van der Waals surface area contributed by atoms with Crippen LogP contribution in [-0.2, 0) is 19.6 Å². The zero-order valence-corrected chi connectivity index (χ0v) is 14.0. The predicted octanol–water partition coefficient (Wildman–Crippen LogP) is 0.981. The van der Waals surface area contributed by atoms with Crippen LogP contribution in [-0.4, -0.2) is 57.7 Å². The number of hydrogen-bond donors (Lipinski definition) is 1. The van der Waals surface area contributed by atoms with Crippen molar-refractivity contribution < 1.29 is 17.9 Å². The minimum absolute atomic E-state index is 0.0160. The summed E-state index contributed by atoms with van der Waals surface area (Å²) in [5.74, 6) is -0.260. The Morgan fingerprint density at radius 1 is 1.38 bits per heavy atom. The highest BCUT2D eigenvalue weighted by Crippen LogP contribution is 2.19. The number of sulfonamides is 1. The SMILES string of the molecule is CCCCCNC(=O)C1CCCN(S(=O)(=O)CCOC)C1. The van der Waals surface area contributed by atoms with E-state index < -0.39 is 10.0 Å². The van der Waals surface area contributed by atoms with Gasteiger partial charge in [-0.05, 0) is 19.3 Å². The maximum atomic E-state index is 12.1. The molecule has 1 aliphatic rings. The van der Waals surface area contributed by atoms with Crippen LogP contribution in [0.5, 0.6) is 0 Å². The van der Waals surface area contributed by atoms with Crippen LogP contribution in [0.4, 0.5) is 0 Å². The zero-order valence-electron chi connectivity index (χ0n) is 13.1. The van der Waals surface area contributed by atoms with Gasteiger partial charge in [0.1, 0.15) is 0 Å². The molecule has 0 saturated carbocycles. The first kappa shape index (κ1) is 18.4. The molecule has 0 bridgehead atoms. The summed E-state index contributed by atoms with van der Waals surface area (Å²) in [4.78, 5) is 12.1. The Kier molecular flexibility index (Phi) is 8.21. The second-order valence-electron chi connectivity index (χ2n) is 5.50. The van der Waals surface area contributed by atoms with Crippen molar-refractivity contribution in [3.05, 3.63) is 0 Å². The molecule has 0 aromatic carbocycles. The molecule has 21 heavy (non-hydrogen) atoms. The van der Waals surface area contributed by atoms with Gasteiger partial charge in [-0.2, -0.15) is 0 Å². The number of unbranched alkanes of at least 4 members (excludes halogenated alkanes) is 2. The number of nitrogens with one attached hydrogen (secondary N) is 1. The average molecular weight is 320 g/mol. The van der Waals surface area contributed by atoms with E-state index in [1.54, 1.807) is 0 Å². The molecule has 1 unspecified atom stereocenters. The van der Waals surface area contributed by atoms with Crippen molar-refractivity contribution in [2.45, 2.75) is 39.0 Å². The van der Waals surface area contributed by atoms with E-state index in [-0.39, 0.29) is 24.2 Å². The Morgan fingerprint density at radius 2 is 2.14 bits per heavy atom. The Labute approximate surface area is 128 Å². The Bertz CT molecular complexity index is 411. The van der Waals surface area contributed by atoms with E-state index in [0.717, 1.165) is 32.1 Å². The monoisotopic (exact) mass is 320 g/mol. The highest BCUT2D eigenvalue weighted by Gasteiger charge is 2.31. The molecule has 0 aromatic rings. The first-order valence-corrected chi connectivity index (χ1v) is 9.36. The van der Waals surface area contributed by atoms with Gasteiger partial charge in [0.05, 0.1) is 18.3 Å². The first-order valence-electron chi connectivity index (χ1n) is 7.75. The van der Waals surface area contributed by atoms with Crippen molar-refractivity contribution >= 4 is 15.9 Å². The van der Waals surface area contributed by atoms with E-state index in [9.17, 15) is 13.2 Å². The van der Waals surface area contributed by atoms with Gasteiger partial charge < -0.3 is 10.1 Å². The highest BCUT2D eigenvalue weighted by molar-refractivity contribution is 7.89. The molecule has 1 saturated heterocycles. The van der Waals surface area contributed by atoms with E-state index >= 15 is 0 Å². The van der Waals surface area contributed by atoms with Gasteiger partial charge in [0.2, 0.25) is 15.9 Å². The fourth-order valence-electron chi connectivity index (χ4n) is 2.46. The predicted molar refractivity (Wildman–Crippen MR) is 82.5 cm³/mol. The van der Waals surface area contributed by atoms with Gasteiger partial charge in [0.15, 0.2) is 0 Å². The summed E-state index contributed by atoms with van der Waals surface area (Å²) in [6.07, 6.45) is 4.69. The van der Waals surface area contributed by atoms with Gasteiger partial charge in [-0.25, -0.2) is 12.7 Å². The number of hydrogen-bond acceptors (Lipinski definition) is 4. The number of carbonyl (C=O) groups excluding carboxylic acids is 1. The molecule has 124 valence electrons. The number of ether oxygens (including phenoxy) is 1. The van der Waals surface area contributed by atoms with Crippen LogP contribution in [0.2, 0.25) is 0 Å². The Balaban J connectivity index is 2.46. The van der Waals surface area contributed by atoms with Crippen molar-refractivity contribution in [3.63, 3.8) is 0 Å². The van der Waals surface area contributed by atoms with Crippen molar-refractivity contribution in [2.75, 3.05) is 39.1 Å². The fraction of sp³-hybridized carbons (Fsp3) is 0.929. The van der Waals surface area contributed by atoms with Crippen molar-refractivity contribution in [1.29, 1.82) is 0 Å². The molecule has 7 heteroatoms. The molecule has 1 atom stereocenters. The summed E-state index contributed by atoms with van der Waals surface area (Å²) < 4.78 is 30.5. The van der Waals surface area contributed by atoms with E-state index in [1.807, 2.05) is 0 Å². The normalized spacial score (nSPS) is 20.4. The lowest BCUT2D eigenvalue weighted by atomic mass is 9.99. The van der Waals surface area contributed by atoms with Gasteiger partial charge in [-0.15, -0.1) is 0 Å². The zero-order chi connectivity index (χ0) is 15.7. The van der Waals surface area contributed by atoms with E-state index in [4.69, 9.17) is 4.74 Å². The molecule has 0 spiro atoms. The second kappa shape index (κ2) is 9.38. The van der Waals surface area contributed by atoms with Crippen molar-refractivity contribution in [2.24, 2.45) is 5.92 Å². The van der Waals surface area contributed by atoms with Crippen LogP contribution in [0.3, 0.4) is 0 Å². The van der Waals surface area contributed by atoms with Crippen molar-refractivity contribution in [1.82, 2.24) is 9.62 Å². The summed E-state index contributed by atoms with van der Waals surface area (Å²) in [5, 5.41) is 2.92. The molecule has 0 radical (unpaired) electrons. The van der Waals surface area contributed by atoms with Crippen LogP contribution in [0.1, 0.15) is 39.0 Å². The van der Waals surface area contributed by atoms with Gasteiger partial charge in [0, 0.05) is 26.7 Å². The second-order valence-corrected chi connectivity index (χ2v) is 7.59. The number of methoxy groups -OCH3 is 1. The molecule has 1 amide bonds. The summed E-state index contributed by atoms with van der Waals surface area (Å²) >= 11 is 0. The van der Waals surface area contributed by atoms with Gasteiger partial charge in [-0.3, -0.25) is 4.79 Å². The molecule has 0 aliphatic carbocycles. The molecule has 0 aromatic heterocycles. The number of piperidine rings is 1. The molecule has 1 N–H and O–H groups in total. The third-order valence-corrected chi connectivity index (χ3v) is 5.57. The fourth-order valence-corrected chi connectivity index (χ4v) is 3.91. The summed E-state index contributed by atoms with van der Waals surface area (Å²) in [5.41, 5.74) is 0. The van der Waals surface area contributed by atoms with Crippen LogP contribution in [0.15, 0.2) is 0 Å². The van der Waals surface area contributed by atoms with Crippen LogP contribution in [0, 0.1) is 5.92 Å². The first-order chi connectivity index (χ1) is 10.0. The van der Waals surface area contributed by atoms with Crippen LogP contribution < -0.4 is 5.32 Å². The summed E-state index contributed by atoms with van der Waals surface area (Å²) in [7, 11) is -1.83. The number of carbonyl (C=O) groups is 1. The minimum Gasteiger partial charge on any atom is -0.384 e. The van der Waals surface area contributed by atoms with E-state index in [1.165, 1.54) is 11.4 Å². The smallest absolute Gasteiger partial charge is 0.224 e. The van der Waals surface area contributed by atoms with Gasteiger partial charge in [0.25, 0.3) is 0 Å². The largest absolute Gasteiger partial charge is 0.384 e. The lowest BCUT2D eigenvalue weighted by Crippen LogP contribution is -2.46. The lowest BCUT2D eigenvalue weighted by molar-refractivity contribution is -0.126. The molecular formula is C14H28N2O4S. The number of rotatable bonds is 9. The Morgan fingerprint density at radius 3 is 2.81 bits per heavy atom. The van der Waals surface area contributed by atoms with E-state index in [0.29, 0.717) is 19.6 Å². The quantitative estimate of drug-likeness (QED) is 0.643. The molecule has 6 nitrogen and oxygen atoms in total. The molecule has 1 heterocycles. The minimum atomic E-state index is -3.31. The van der Waals surface area contributed by atoms with Crippen molar-refractivity contribution in [3.8, 4) is 0 Å². The molecule has 1 aliphatic heterocycles. The molecule has 1 fully saturated rings. The maximum Gasteiger partial charge on any atom is 0.224 e. The van der Waals surface area contributed by atoms with Gasteiger partial charge in [-0.1, -0.05) is 19.8 Å².